The summed E-state index contributed by atoms with van der Waals surface area (Å²) in [7, 11) is 0. The van der Waals surface area contributed by atoms with Crippen molar-refractivity contribution in [3.8, 4) is 44.5 Å². The first-order valence-corrected chi connectivity index (χ1v) is 24.1. The fourth-order valence-electron chi connectivity index (χ4n) is 11.5. The Bertz CT molecular complexity index is 3410. The molecule has 0 bridgehead atoms. The third kappa shape index (κ3) is 7.02. The predicted molar refractivity (Wildman–Crippen MR) is 288 cm³/mol. The average molecular weight is 875 g/mol. The van der Waals surface area contributed by atoms with Crippen LogP contribution < -0.4 is 9.80 Å². The fraction of sp³-hybridized carbons (Fsp3) is 0.121. The Kier molecular flexibility index (Phi) is 10.0. The van der Waals surface area contributed by atoms with Gasteiger partial charge < -0.3 is 9.80 Å². The molecule has 9 aromatic rings. The van der Waals surface area contributed by atoms with Gasteiger partial charge in [0.25, 0.3) is 0 Å². The highest BCUT2D eigenvalue weighted by molar-refractivity contribution is 5.88. The molecule has 3 aliphatic rings. The van der Waals surface area contributed by atoms with Crippen molar-refractivity contribution >= 4 is 39.7 Å². The molecule has 3 aliphatic carbocycles. The van der Waals surface area contributed by atoms with Crippen LogP contribution in [0.2, 0.25) is 0 Å². The molecule has 0 saturated carbocycles. The van der Waals surface area contributed by atoms with Gasteiger partial charge in [-0.1, -0.05) is 192 Å². The number of para-hydroxylation sites is 2. The van der Waals surface area contributed by atoms with E-state index in [0.29, 0.717) is 5.92 Å². The quantitative estimate of drug-likeness (QED) is 0.143. The second kappa shape index (κ2) is 16.4. The molecule has 9 aromatic carbocycles. The van der Waals surface area contributed by atoms with Crippen LogP contribution in [0.3, 0.4) is 0 Å². The molecule has 0 saturated heterocycles. The molecule has 12 rings (SSSR count). The summed E-state index contributed by atoms with van der Waals surface area (Å²) in [5.74, 6) is 0.510. The van der Waals surface area contributed by atoms with E-state index in [1.54, 1.807) is 0 Å². The van der Waals surface area contributed by atoms with Crippen molar-refractivity contribution in [1.82, 2.24) is 0 Å². The number of benzene rings is 9. The molecule has 0 aromatic heterocycles. The second-order valence-electron chi connectivity index (χ2n) is 19.8. The summed E-state index contributed by atoms with van der Waals surface area (Å²) in [6, 6.07) is 80.5. The molecule has 1 atom stereocenters. The van der Waals surface area contributed by atoms with Crippen LogP contribution in [-0.2, 0) is 10.8 Å². The number of fused-ring (bicyclic) bond motifs is 6. The molecule has 68 heavy (non-hydrogen) atoms. The lowest BCUT2D eigenvalue weighted by molar-refractivity contribution is 0.415. The monoisotopic (exact) mass is 874 g/mol. The van der Waals surface area contributed by atoms with Gasteiger partial charge >= 0.3 is 0 Å². The zero-order valence-electron chi connectivity index (χ0n) is 39.2. The number of hydrogen-bond acceptors (Lipinski definition) is 2. The van der Waals surface area contributed by atoms with Crippen molar-refractivity contribution in [2.75, 3.05) is 9.80 Å². The van der Waals surface area contributed by atoms with E-state index in [1.807, 2.05) is 0 Å². The second-order valence-corrected chi connectivity index (χ2v) is 19.8. The first-order chi connectivity index (χ1) is 33.2. The van der Waals surface area contributed by atoms with Gasteiger partial charge in [-0.25, -0.2) is 0 Å². The van der Waals surface area contributed by atoms with Crippen molar-refractivity contribution in [2.45, 2.75) is 44.9 Å². The normalized spacial score (nSPS) is 15.7. The molecule has 0 N–H and O–H groups in total. The van der Waals surface area contributed by atoms with E-state index in [1.165, 1.54) is 78.0 Å². The number of hydrogen-bond donors (Lipinski definition) is 0. The minimum absolute atomic E-state index is 0.0550. The highest BCUT2D eigenvalue weighted by Gasteiger charge is 2.43. The molecule has 2 heteroatoms. The van der Waals surface area contributed by atoms with Crippen LogP contribution in [-0.4, -0.2) is 0 Å². The zero-order valence-corrected chi connectivity index (χ0v) is 39.2. The minimum atomic E-state index is -0.0826. The zero-order chi connectivity index (χ0) is 46.0. The molecular formula is C66H54N2. The van der Waals surface area contributed by atoms with Crippen LogP contribution in [0.25, 0.3) is 50.1 Å². The maximum Gasteiger partial charge on any atom is 0.0467 e. The third-order valence-electron chi connectivity index (χ3n) is 15.1. The topological polar surface area (TPSA) is 6.48 Å². The van der Waals surface area contributed by atoms with Crippen LogP contribution in [0.15, 0.2) is 237 Å². The molecule has 0 fully saturated rings. The first kappa shape index (κ1) is 41.5. The summed E-state index contributed by atoms with van der Waals surface area (Å²) in [6.45, 7) is 9.53. The minimum Gasteiger partial charge on any atom is -0.310 e. The lowest BCUT2D eigenvalue weighted by atomic mass is 9.75. The van der Waals surface area contributed by atoms with E-state index in [2.05, 4.69) is 274 Å². The summed E-state index contributed by atoms with van der Waals surface area (Å²) in [6.07, 6.45) is 7.97. The summed E-state index contributed by atoms with van der Waals surface area (Å²) < 4.78 is 0. The highest BCUT2D eigenvalue weighted by Crippen LogP contribution is 2.55. The van der Waals surface area contributed by atoms with Crippen molar-refractivity contribution in [2.24, 2.45) is 5.92 Å². The molecule has 0 amide bonds. The van der Waals surface area contributed by atoms with Crippen LogP contribution in [0.5, 0.6) is 0 Å². The van der Waals surface area contributed by atoms with Crippen LogP contribution in [0.1, 0.15) is 56.4 Å². The molecule has 328 valence electrons. The summed E-state index contributed by atoms with van der Waals surface area (Å²) in [4.78, 5) is 4.80. The standard InChI is InChI=1S/C66H54N2/c1-65(2)61-27-13-11-25-57(61)59-39-37-55(43-63(59)65)67(51-19-7-5-8-20-51)53-23-15-17-49(41-53)47-33-29-45(30-34-47)46-31-35-48(36-32-46)50-18-16-24-54(42-50)68(52-21-9-6-10-22-52)56-38-40-60-58-26-12-14-28-62(58)66(3,4)64(60)44-56/h5-27,29-44,62H,28H2,1-4H3. The van der Waals surface area contributed by atoms with Gasteiger partial charge in [-0.3, -0.25) is 0 Å². The molecule has 0 heterocycles. The van der Waals surface area contributed by atoms with Gasteiger partial charge in [-0.05, 0) is 163 Å². The fourth-order valence-corrected chi connectivity index (χ4v) is 11.5. The van der Waals surface area contributed by atoms with E-state index in [9.17, 15) is 0 Å². The van der Waals surface area contributed by atoms with Gasteiger partial charge in [0.2, 0.25) is 0 Å². The lowest BCUT2D eigenvalue weighted by Gasteiger charge is -2.30. The van der Waals surface area contributed by atoms with Gasteiger partial charge in [-0.2, -0.15) is 0 Å². The Balaban J connectivity index is 0.818. The number of rotatable bonds is 9. The average Bonchev–Trinajstić information content (AvgIpc) is 3.76. The van der Waals surface area contributed by atoms with E-state index >= 15 is 0 Å². The molecule has 0 aliphatic heterocycles. The molecule has 1 unspecified atom stereocenters. The van der Waals surface area contributed by atoms with Gasteiger partial charge in [0.15, 0.2) is 0 Å². The SMILES string of the molecule is CC1(C)c2ccccc2-c2ccc(N(c3ccccc3)c3cccc(-c4ccc(-c5ccc(-c6cccc(N(c7ccccc7)c7ccc8c(c7)C(C)(C)C7CC=CC=C87)c6)cc5)cc4)c3)cc21. The third-order valence-corrected chi connectivity index (χ3v) is 15.1. The van der Waals surface area contributed by atoms with E-state index in [-0.39, 0.29) is 10.8 Å². The van der Waals surface area contributed by atoms with Crippen molar-refractivity contribution in [3.63, 3.8) is 0 Å². The largest absolute Gasteiger partial charge is 0.310 e. The van der Waals surface area contributed by atoms with Gasteiger partial charge in [0.1, 0.15) is 0 Å². The summed E-state index contributed by atoms with van der Waals surface area (Å²) >= 11 is 0. The van der Waals surface area contributed by atoms with Crippen LogP contribution in [0, 0.1) is 5.92 Å². The Morgan fingerprint density at radius 2 is 0.794 bits per heavy atom. The van der Waals surface area contributed by atoms with Crippen LogP contribution in [0.4, 0.5) is 34.1 Å². The number of nitrogens with zero attached hydrogens (tertiary/aromatic N) is 2. The lowest BCUT2D eigenvalue weighted by Crippen LogP contribution is -2.24. The van der Waals surface area contributed by atoms with Crippen molar-refractivity contribution in [3.05, 3.63) is 259 Å². The highest BCUT2D eigenvalue weighted by atomic mass is 15.1. The van der Waals surface area contributed by atoms with Crippen molar-refractivity contribution < 1.29 is 0 Å². The van der Waals surface area contributed by atoms with Crippen LogP contribution >= 0.6 is 0 Å². The molecule has 2 nitrogen and oxygen atoms in total. The maximum atomic E-state index is 2.44. The van der Waals surface area contributed by atoms with E-state index < -0.39 is 0 Å². The van der Waals surface area contributed by atoms with E-state index in [4.69, 9.17) is 0 Å². The van der Waals surface area contributed by atoms with Gasteiger partial charge in [-0.15, -0.1) is 0 Å². The molecule has 0 radical (unpaired) electrons. The van der Waals surface area contributed by atoms with Crippen molar-refractivity contribution in [1.29, 1.82) is 0 Å². The number of anilines is 6. The predicted octanol–water partition coefficient (Wildman–Crippen LogP) is 18.2. The first-order valence-electron chi connectivity index (χ1n) is 24.1. The van der Waals surface area contributed by atoms with Gasteiger partial charge in [0.05, 0.1) is 0 Å². The summed E-state index contributed by atoms with van der Waals surface area (Å²) in [5, 5.41) is 0. The Hall–Kier alpha value is -7.94. The molecule has 0 spiro atoms. The van der Waals surface area contributed by atoms with E-state index in [0.717, 1.165) is 34.9 Å². The Morgan fingerprint density at radius 1 is 0.353 bits per heavy atom. The maximum absolute atomic E-state index is 2.44. The summed E-state index contributed by atoms with van der Waals surface area (Å²) in [5.41, 5.74) is 23.7. The molecular weight excluding hydrogens is 821 g/mol. The smallest absolute Gasteiger partial charge is 0.0467 e. The Labute approximate surface area is 401 Å². The number of allylic oxidation sites excluding steroid dienone is 4. The van der Waals surface area contributed by atoms with Gasteiger partial charge in [0, 0.05) is 39.5 Å². The Morgan fingerprint density at radius 3 is 1.35 bits per heavy atom.